The summed E-state index contributed by atoms with van der Waals surface area (Å²) in [6, 6.07) is 12.4. The van der Waals surface area contributed by atoms with E-state index in [1.807, 2.05) is 0 Å². The second-order valence-corrected chi connectivity index (χ2v) is 4.81. The van der Waals surface area contributed by atoms with Gasteiger partial charge in [-0.2, -0.15) is 0 Å². The van der Waals surface area contributed by atoms with Gasteiger partial charge in [-0.15, -0.1) is 0 Å². The Kier molecular flexibility index (Phi) is 4.58. The standard InChI is InChI=1S/C15H14ClFN2O/c1-10(18-14-7-3-5-12(17)9-14)15(20)19-13-6-2-4-11(16)8-13/h2-10,18H,1H3,(H,19,20)/t10-/m0/s1. The molecule has 0 saturated heterocycles. The van der Waals surface area contributed by atoms with Gasteiger partial charge in [-0.05, 0) is 43.3 Å². The molecule has 2 N–H and O–H groups in total. The lowest BCUT2D eigenvalue weighted by molar-refractivity contribution is -0.116. The van der Waals surface area contributed by atoms with Crippen LogP contribution in [0.3, 0.4) is 0 Å². The monoisotopic (exact) mass is 292 g/mol. The molecule has 20 heavy (non-hydrogen) atoms. The van der Waals surface area contributed by atoms with Crippen molar-refractivity contribution in [2.24, 2.45) is 0 Å². The van der Waals surface area contributed by atoms with E-state index < -0.39 is 6.04 Å². The summed E-state index contributed by atoms with van der Waals surface area (Å²) in [5, 5.41) is 6.22. The van der Waals surface area contributed by atoms with Crippen molar-refractivity contribution < 1.29 is 9.18 Å². The van der Waals surface area contributed by atoms with Gasteiger partial charge in [0.25, 0.3) is 0 Å². The highest BCUT2D eigenvalue weighted by Gasteiger charge is 2.13. The number of anilines is 2. The molecular weight excluding hydrogens is 279 g/mol. The van der Waals surface area contributed by atoms with Crippen molar-refractivity contribution >= 4 is 28.9 Å². The van der Waals surface area contributed by atoms with Gasteiger partial charge in [0, 0.05) is 16.4 Å². The van der Waals surface area contributed by atoms with Crippen LogP contribution in [0.4, 0.5) is 15.8 Å². The summed E-state index contributed by atoms with van der Waals surface area (Å²) in [6.45, 7) is 1.70. The van der Waals surface area contributed by atoms with E-state index in [2.05, 4.69) is 10.6 Å². The van der Waals surface area contributed by atoms with Gasteiger partial charge < -0.3 is 10.6 Å². The van der Waals surface area contributed by atoms with Crippen LogP contribution in [0.25, 0.3) is 0 Å². The van der Waals surface area contributed by atoms with Crippen LogP contribution in [-0.2, 0) is 4.79 Å². The third-order valence-corrected chi connectivity index (χ3v) is 2.93. The van der Waals surface area contributed by atoms with Crippen molar-refractivity contribution in [2.75, 3.05) is 10.6 Å². The lowest BCUT2D eigenvalue weighted by Crippen LogP contribution is -2.31. The van der Waals surface area contributed by atoms with E-state index in [0.29, 0.717) is 16.4 Å². The molecule has 0 aliphatic rings. The first kappa shape index (κ1) is 14.3. The summed E-state index contributed by atoms with van der Waals surface area (Å²) in [5.74, 6) is -0.575. The van der Waals surface area contributed by atoms with Crippen molar-refractivity contribution in [3.8, 4) is 0 Å². The van der Waals surface area contributed by atoms with Crippen LogP contribution < -0.4 is 10.6 Å². The van der Waals surface area contributed by atoms with E-state index in [0.717, 1.165) is 0 Å². The van der Waals surface area contributed by atoms with Crippen molar-refractivity contribution in [1.29, 1.82) is 0 Å². The zero-order valence-corrected chi connectivity index (χ0v) is 11.6. The Hall–Kier alpha value is -2.07. The summed E-state index contributed by atoms with van der Waals surface area (Å²) in [5.41, 5.74) is 1.18. The molecule has 1 amide bonds. The first-order valence-electron chi connectivity index (χ1n) is 6.13. The fraction of sp³-hybridized carbons (Fsp3) is 0.133. The van der Waals surface area contributed by atoms with Crippen LogP contribution in [0.15, 0.2) is 48.5 Å². The molecule has 0 unspecified atom stereocenters. The van der Waals surface area contributed by atoms with Gasteiger partial charge >= 0.3 is 0 Å². The van der Waals surface area contributed by atoms with Crippen molar-refractivity contribution in [3.63, 3.8) is 0 Å². The lowest BCUT2D eigenvalue weighted by Gasteiger charge is -2.15. The average molecular weight is 293 g/mol. The third-order valence-electron chi connectivity index (χ3n) is 2.69. The Morgan fingerprint density at radius 2 is 1.85 bits per heavy atom. The molecule has 0 aromatic heterocycles. The minimum absolute atomic E-state index is 0.225. The topological polar surface area (TPSA) is 41.1 Å². The second-order valence-electron chi connectivity index (χ2n) is 4.38. The largest absolute Gasteiger partial charge is 0.374 e. The third kappa shape index (κ3) is 3.96. The molecule has 0 aliphatic carbocycles. The number of hydrogen-bond acceptors (Lipinski definition) is 2. The predicted molar refractivity (Wildman–Crippen MR) is 79.6 cm³/mol. The summed E-state index contributed by atoms with van der Waals surface area (Å²) in [4.78, 5) is 12.0. The Balaban J connectivity index is 1.98. The van der Waals surface area contributed by atoms with Crippen molar-refractivity contribution in [3.05, 3.63) is 59.4 Å². The maximum atomic E-state index is 13.1. The van der Waals surface area contributed by atoms with Crippen LogP contribution in [0.5, 0.6) is 0 Å². The number of benzene rings is 2. The first-order chi connectivity index (χ1) is 9.54. The molecule has 2 aromatic rings. The summed E-state index contributed by atoms with van der Waals surface area (Å²) in [6.07, 6.45) is 0. The van der Waals surface area contributed by atoms with E-state index in [-0.39, 0.29) is 11.7 Å². The van der Waals surface area contributed by atoms with Gasteiger partial charge in [-0.3, -0.25) is 4.79 Å². The zero-order chi connectivity index (χ0) is 14.5. The smallest absolute Gasteiger partial charge is 0.246 e. The molecule has 2 aromatic carbocycles. The number of nitrogens with one attached hydrogen (secondary N) is 2. The molecule has 1 atom stereocenters. The fourth-order valence-corrected chi connectivity index (χ4v) is 1.90. The van der Waals surface area contributed by atoms with Gasteiger partial charge in [-0.1, -0.05) is 23.7 Å². The quantitative estimate of drug-likeness (QED) is 0.897. The predicted octanol–water partition coefficient (Wildman–Crippen LogP) is 3.92. The van der Waals surface area contributed by atoms with E-state index in [1.54, 1.807) is 43.3 Å². The molecule has 0 spiro atoms. The van der Waals surface area contributed by atoms with Gasteiger partial charge in [0.15, 0.2) is 0 Å². The van der Waals surface area contributed by atoms with Crippen LogP contribution in [-0.4, -0.2) is 11.9 Å². The Morgan fingerprint density at radius 1 is 1.15 bits per heavy atom. The maximum Gasteiger partial charge on any atom is 0.246 e. The maximum absolute atomic E-state index is 13.1. The minimum Gasteiger partial charge on any atom is -0.374 e. The van der Waals surface area contributed by atoms with Gasteiger partial charge in [0.1, 0.15) is 11.9 Å². The molecule has 0 radical (unpaired) electrons. The van der Waals surface area contributed by atoms with Gasteiger partial charge in [-0.25, -0.2) is 4.39 Å². The summed E-state index contributed by atoms with van der Waals surface area (Å²) < 4.78 is 13.1. The zero-order valence-electron chi connectivity index (χ0n) is 10.9. The normalized spacial score (nSPS) is 11.8. The van der Waals surface area contributed by atoms with Crippen LogP contribution in [0, 0.1) is 5.82 Å². The summed E-state index contributed by atoms with van der Waals surface area (Å²) in [7, 11) is 0. The molecule has 5 heteroatoms. The summed E-state index contributed by atoms with van der Waals surface area (Å²) >= 11 is 5.85. The molecule has 3 nitrogen and oxygen atoms in total. The van der Waals surface area contributed by atoms with Crippen LogP contribution in [0.2, 0.25) is 5.02 Å². The van der Waals surface area contributed by atoms with Crippen LogP contribution in [0.1, 0.15) is 6.92 Å². The van der Waals surface area contributed by atoms with Crippen LogP contribution >= 0.6 is 11.6 Å². The Bertz CT molecular complexity index is 618. The number of carbonyl (C=O) groups is 1. The molecular formula is C15H14ClFN2O. The second kappa shape index (κ2) is 6.39. The Labute approximate surface area is 121 Å². The average Bonchev–Trinajstić information content (AvgIpc) is 2.38. The van der Waals surface area contributed by atoms with E-state index >= 15 is 0 Å². The van der Waals surface area contributed by atoms with Gasteiger partial charge in [0.2, 0.25) is 5.91 Å². The molecule has 0 fully saturated rings. The van der Waals surface area contributed by atoms with Crippen molar-refractivity contribution in [2.45, 2.75) is 13.0 Å². The van der Waals surface area contributed by atoms with E-state index in [9.17, 15) is 9.18 Å². The molecule has 0 saturated carbocycles. The number of hydrogen-bond donors (Lipinski definition) is 2. The SMILES string of the molecule is C[C@H](Nc1cccc(F)c1)C(=O)Nc1cccc(Cl)c1. The highest BCUT2D eigenvalue weighted by Crippen LogP contribution is 2.16. The van der Waals surface area contributed by atoms with Gasteiger partial charge in [0.05, 0.1) is 0 Å². The highest BCUT2D eigenvalue weighted by atomic mass is 35.5. The minimum atomic E-state index is -0.504. The molecule has 104 valence electrons. The van der Waals surface area contributed by atoms with E-state index in [4.69, 9.17) is 11.6 Å². The number of amides is 1. The highest BCUT2D eigenvalue weighted by molar-refractivity contribution is 6.30. The number of rotatable bonds is 4. The van der Waals surface area contributed by atoms with E-state index in [1.165, 1.54) is 12.1 Å². The molecule has 0 aliphatic heterocycles. The number of carbonyl (C=O) groups excluding carboxylic acids is 1. The molecule has 2 rings (SSSR count). The number of halogens is 2. The molecule has 0 bridgehead atoms. The Morgan fingerprint density at radius 3 is 2.55 bits per heavy atom. The lowest BCUT2D eigenvalue weighted by atomic mass is 10.2. The molecule has 0 heterocycles. The first-order valence-corrected chi connectivity index (χ1v) is 6.51. The van der Waals surface area contributed by atoms with Crippen molar-refractivity contribution in [1.82, 2.24) is 0 Å². The fourth-order valence-electron chi connectivity index (χ4n) is 1.71.